The molecule has 2 aliphatic heterocycles. The van der Waals surface area contributed by atoms with Crippen LogP contribution in [-0.4, -0.2) is 60.6 Å². The van der Waals surface area contributed by atoms with Crippen LogP contribution in [0.3, 0.4) is 0 Å². The van der Waals surface area contributed by atoms with Crippen molar-refractivity contribution < 1.29 is 9.90 Å². The summed E-state index contributed by atoms with van der Waals surface area (Å²) in [5, 5.41) is 12.6. The smallest absolute Gasteiger partial charge is 0.209 e. The van der Waals surface area contributed by atoms with Gasteiger partial charge in [-0.3, -0.25) is 9.69 Å². The Morgan fingerprint density at radius 2 is 1.79 bits per heavy atom. The lowest BCUT2D eigenvalue weighted by Crippen LogP contribution is -2.63. The standard InChI is InChI=1S/C17H24N2O2.C5H13N.C2H6/c1-13(2)19-11-17(7-9-18(12-20)10-8-17)16(19)14-3-5-15(21)6-4-14;1-3-4-5-6-2;1-2/h3-6,12-13,16,21H,7-11H2,1-2H3;6H,3-5H2,1-2H3;1-2H3. The van der Waals surface area contributed by atoms with E-state index in [2.05, 4.69) is 31.0 Å². The molecule has 1 spiro atoms. The molecule has 1 amide bonds. The first-order valence-electron chi connectivity index (χ1n) is 11.4. The van der Waals surface area contributed by atoms with E-state index in [-0.39, 0.29) is 0 Å². The summed E-state index contributed by atoms with van der Waals surface area (Å²) < 4.78 is 0. The topological polar surface area (TPSA) is 55.8 Å². The lowest BCUT2D eigenvalue weighted by atomic mass is 9.62. The zero-order chi connectivity index (χ0) is 21.9. The number of carbonyl (C=O) groups excluding carboxylic acids is 1. The van der Waals surface area contributed by atoms with Crippen molar-refractivity contribution in [3.8, 4) is 5.75 Å². The molecule has 0 aromatic heterocycles. The minimum absolute atomic E-state index is 0.292. The molecule has 5 nitrogen and oxygen atoms in total. The number of aromatic hydroxyl groups is 1. The van der Waals surface area contributed by atoms with Gasteiger partial charge in [0, 0.05) is 37.1 Å². The fourth-order valence-corrected chi connectivity index (χ4v) is 4.32. The first-order chi connectivity index (χ1) is 14.0. The monoisotopic (exact) mass is 405 g/mol. The number of hydrogen-bond acceptors (Lipinski definition) is 4. The number of amides is 1. The molecule has 29 heavy (non-hydrogen) atoms. The van der Waals surface area contributed by atoms with Gasteiger partial charge in [0.15, 0.2) is 0 Å². The molecule has 2 saturated heterocycles. The van der Waals surface area contributed by atoms with Gasteiger partial charge in [-0.05, 0) is 64.4 Å². The van der Waals surface area contributed by atoms with Crippen LogP contribution in [0, 0.1) is 5.41 Å². The number of carbonyl (C=O) groups is 1. The number of phenolic OH excluding ortho intramolecular Hbond substituents is 1. The van der Waals surface area contributed by atoms with Crippen LogP contribution >= 0.6 is 0 Å². The average molecular weight is 406 g/mol. The Kier molecular flexibility index (Phi) is 11.3. The van der Waals surface area contributed by atoms with Gasteiger partial charge in [-0.2, -0.15) is 0 Å². The summed E-state index contributed by atoms with van der Waals surface area (Å²) in [6.45, 7) is 14.7. The largest absolute Gasteiger partial charge is 0.508 e. The van der Waals surface area contributed by atoms with E-state index in [1.54, 1.807) is 12.1 Å². The number of likely N-dealkylation sites (tertiary alicyclic amines) is 2. The second-order valence-corrected chi connectivity index (χ2v) is 8.22. The molecule has 1 aromatic rings. The van der Waals surface area contributed by atoms with Crippen molar-refractivity contribution in [3.63, 3.8) is 0 Å². The van der Waals surface area contributed by atoms with Crippen LogP contribution < -0.4 is 5.32 Å². The Morgan fingerprint density at radius 1 is 1.21 bits per heavy atom. The van der Waals surface area contributed by atoms with Crippen LogP contribution in [0.1, 0.15) is 71.9 Å². The van der Waals surface area contributed by atoms with E-state index in [0.717, 1.165) is 45.4 Å². The number of nitrogens with one attached hydrogen (secondary N) is 1. The maximum Gasteiger partial charge on any atom is 0.209 e. The zero-order valence-corrected chi connectivity index (χ0v) is 19.4. The molecule has 2 aliphatic rings. The van der Waals surface area contributed by atoms with Gasteiger partial charge in [-0.25, -0.2) is 0 Å². The molecular formula is C24H43N3O2. The Labute approximate surface area is 178 Å². The number of nitrogens with zero attached hydrogens (tertiary/aromatic N) is 2. The number of unbranched alkanes of at least 4 members (excludes halogenated alkanes) is 1. The second kappa shape index (κ2) is 12.9. The van der Waals surface area contributed by atoms with E-state index < -0.39 is 0 Å². The normalized spacial score (nSPS) is 20.2. The molecule has 1 aromatic carbocycles. The van der Waals surface area contributed by atoms with Crippen LogP contribution in [0.5, 0.6) is 5.75 Å². The van der Waals surface area contributed by atoms with E-state index in [0.29, 0.717) is 23.2 Å². The summed E-state index contributed by atoms with van der Waals surface area (Å²) >= 11 is 0. The van der Waals surface area contributed by atoms with Crippen molar-refractivity contribution in [2.24, 2.45) is 5.41 Å². The molecule has 1 unspecified atom stereocenters. The van der Waals surface area contributed by atoms with Crippen molar-refractivity contribution in [1.82, 2.24) is 15.1 Å². The lowest BCUT2D eigenvalue weighted by Gasteiger charge is -2.62. The SMILES string of the molecule is CC.CC(C)N1CC2(CCN(C=O)CC2)C1c1ccc(O)cc1.CCCCNC. The summed E-state index contributed by atoms with van der Waals surface area (Å²) in [6.07, 6.45) is 5.71. The second-order valence-electron chi connectivity index (χ2n) is 8.22. The van der Waals surface area contributed by atoms with Crippen LogP contribution in [0.2, 0.25) is 0 Å². The number of rotatable bonds is 6. The molecule has 0 aliphatic carbocycles. The summed E-state index contributed by atoms with van der Waals surface area (Å²) in [5.41, 5.74) is 1.58. The van der Waals surface area contributed by atoms with Crippen LogP contribution in [0.15, 0.2) is 24.3 Å². The van der Waals surface area contributed by atoms with E-state index in [9.17, 15) is 9.90 Å². The number of benzene rings is 1. The van der Waals surface area contributed by atoms with E-state index in [1.165, 1.54) is 18.4 Å². The van der Waals surface area contributed by atoms with Gasteiger partial charge >= 0.3 is 0 Å². The van der Waals surface area contributed by atoms with Crippen molar-refractivity contribution in [1.29, 1.82) is 0 Å². The minimum atomic E-state index is 0.292. The van der Waals surface area contributed by atoms with Crippen molar-refractivity contribution in [3.05, 3.63) is 29.8 Å². The fourth-order valence-electron chi connectivity index (χ4n) is 4.32. The first-order valence-corrected chi connectivity index (χ1v) is 11.4. The van der Waals surface area contributed by atoms with Crippen molar-refractivity contribution in [2.45, 2.75) is 72.4 Å². The average Bonchev–Trinajstić information content (AvgIpc) is 2.74. The molecule has 0 saturated carbocycles. The van der Waals surface area contributed by atoms with Gasteiger partial charge in [-0.15, -0.1) is 0 Å². The van der Waals surface area contributed by atoms with Crippen molar-refractivity contribution >= 4 is 6.41 Å². The van der Waals surface area contributed by atoms with Gasteiger partial charge in [0.2, 0.25) is 6.41 Å². The maximum atomic E-state index is 10.9. The maximum absolute atomic E-state index is 10.9. The molecule has 2 fully saturated rings. The van der Waals surface area contributed by atoms with Gasteiger partial charge < -0.3 is 15.3 Å². The number of piperidine rings is 1. The predicted octanol–water partition coefficient (Wildman–Crippen LogP) is 4.43. The minimum Gasteiger partial charge on any atom is -0.508 e. The van der Waals surface area contributed by atoms with Gasteiger partial charge in [0.1, 0.15) is 5.75 Å². The van der Waals surface area contributed by atoms with Gasteiger partial charge in [0.25, 0.3) is 0 Å². The quantitative estimate of drug-likeness (QED) is 0.543. The zero-order valence-electron chi connectivity index (χ0n) is 19.4. The molecule has 3 rings (SSSR count). The summed E-state index contributed by atoms with van der Waals surface area (Å²) in [7, 11) is 1.98. The Bertz CT molecular complexity index is 562. The Morgan fingerprint density at radius 3 is 2.21 bits per heavy atom. The molecule has 0 radical (unpaired) electrons. The fraction of sp³-hybridized carbons (Fsp3) is 0.708. The summed E-state index contributed by atoms with van der Waals surface area (Å²) in [6, 6.07) is 8.57. The molecule has 5 heteroatoms. The highest BCUT2D eigenvalue weighted by atomic mass is 16.3. The molecular weight excluding hydrogens is 362 g/mol. The van der Waals surface area contributed by atoms with Crippen LogP contribution in [0.4, 0.5) is 0 Å². The highest BCUT2D eigenvalue weighted by Gasteiger charge is 2.54. The summed E-state index contributed by atoms with van der Waals surface area (Å²) in [4.78, 5) is 15.3. The van der Waals surface area contributed by atoms with Gasteiger partial charge in [0.05, 0.1) is 0 Å². The van der Waals surface area contributed by atoms with Crippen LogP contribution in [0.25, 0.3) is 0 Å². The summed E-state index contributed by atoms with van der Waals surface area (Å²) in [5.74, 6) is 0.319. The van der Waals surface area contributed by atoms with Crippen LogP contribution in [-0.2, 0) is 4.79 Å². The van der Waals surface area contributed by atoms with E-state index in [4.69, 9.17) is 0 Å². The predicted molar refractivity (Wildman–Crippen MR) is 122 cm³/mol. The molecule has 2 heterocycles. The van der Waals surface area contributed by atoms with E-state index >= 15 is 0 Å². The van der Waals surface area contributed by atoms with E-state index in [1.807, 2.05) is 37.9 Å². The molecule has 1 atom stereocenters. The highest BCUT2D eigenvalue weighted by molar-refractivity contribution is 5.47. The highest BCUT2D eigenvalue weighted by Crippen LogP contribution is 2.55. The molecule has 166 valence electrons. The lowest BCUT2D eigenvalue weighted by molar-refractivity contribution is -0.139. The Hall–Kier alpha value is -1.59. The third-order valence-corrected chi connectivity index (χ3v) is 6.00. The van der Waals surface area contributed by atoms with Gasteiger partial charge in [-0.1, -0.05) is 39.3 Å². The number of hydrogen-bond donors (Lipinski definition) is 2. The third-order valence-electron chi connectivity index (χ3n) is 6.00. The third kappa shape index (κ3) is 6.71. The molecule has 2 N–H and O–H groups in total. The Balaban J connectivity index is 0.000000454. The molecule has 0 bridgehead atoms. The number of phenols is 1. The first kappa shape index (κ1) is 25.4. The van der Waals surface area contributed by atoms with Crippen molar-refractivity contribution in [2.75, 3.05) is 33.2 Å².